The van der Waals surface area contributed by atoms with Gasteiger partial charge in [0.25, 0.3) is 13.4 Å². The first-order valence-corrected chi connectivity index (χ1v) is 50.2. The highest BCUT2D eigenvalue weighted by Gasteiger charge is 2.55. The van der Waals surface area contributed by atoms with Crippen LogP contribution in [0.15, 0.2) is 412 Å². The molecule has 0 unspecified atom stereocenters. The fourth-order valence-electron chi connectivity index (χ4n) is 24.5. The minimum Gasteiger partial charge on any atom is -0.311 e. The van der Waals surface area contributed by atoms with Crippen LogP contribution in [0.2, 0.25) is 0 Å². The molecule has 20 aromatic rings. The minimum absolute atomic E-state index is 0.0109. The minimum atomic E-state index is -0.774. The second-order valence-corrected chi connectivity index (χ2v) is 44.9. The molecule has 0 saturated carbocycles. The van der Waals surface area contributed by atoms with Gasteiger partial charge < -0.3 is 24.2 Å². The molecule has 0 bridgehead atoms. The molecule has 7 heteroatoms. The summed E-state index contributed by atoms with van der Waals surface area (Å²) >= 11 is 0. The van der Waals surface area contributed by atoms with Crippen molar-refractivity contribution < 1.29 is 11.0 Å². The van der Waals surface area contributed by atoms with Crippen LogP contribution in [0.4, 0.5) is 68.2 Å². The van der Waals surface area contributed by atoms with Crippen LogP contribution in [-0.4, -0.2) is 18.0 Å². The SMILES string of the molecule is [2H]c1c([2H])c([2H])c2c(c1[2H])c1c([2H])c([2H])c([2H])c([2H])c1n2-c1cc2c3c(c1)N(c1c(-c4ccccc4)cc(C(C)(C)C)cc1-c1ccccc1)c1cc4c(cc1B3c1ccccc1N2c1cc(C(C)(C)C)cc(C(C)(C)C)c1)B1c2ccccc2N(c2c(-c3ccccc3)cccc2-c2ccccc2)c2cc(-c3cccc5c3C3(c6ccccc6-c6ccccc63)c3ccccc3-5)cc(c21)N4c1cc(C(C)(C)C)cc(C(C)(C)C)c1. The van der Waals surface area contributed by atoms with Gasteiger partial charge in [0.2, 0.25) is 0 Å². The molecular weight excluding hydrogens is 1710 g/mol. The summed E-state index contributed by atoms with van der Waals surface area (Å²) < 4.78 is 81.6. The number of hydrogen-bond acceptors (Lipinski definition) is 4. The normalized spacial score (nSPS) is 14.8. The largest absolute Gasteiger partial charge is 0.311 e. The molecule has 0 saturated heterocycles. The molecule has 19 aromatic carbocycles. The molecule has 4 aliphatic heterocycles. The van der Waals surface area contributed by atoms with Crippen LogP contribution >= 0.6 is 0 Å². The smallest absolute Gasteiger partial charge is 0.252 e. The van der Waals surface area contributed by atoms with Crippen LogP contribution in [0.1, 0.15) is 165 Å². The topological polar surface area (TPSA) is 17.9 Å². The van der Waals surface area contributed by atoms with E-state index in [4.69, 9.17) is 0 Å². The van der Waals surface area contributed by atoms with Gasteiger partial charge in [-0.15, -0.1) is 0 Å². The molecule has 0 fully saturated rings. The number of para-hydroxylation sites is 5. The second kappa shape index (κ2) is 31.7. The van der Waals surface area contributed by atoms with Crippen molar-refractivity contribution in [2.24, 2.45) is 0 Å². The Morgan fingerprint density at radius 3 is 0.986 bits per heavy atom. The first-order valence-electron chi connectivity index (χ1n) is 54.2. The van der Waals surface area contributed by atoms with Gasteiger partial charge in [0.1, 0.15) is 0 Å². The Hall–Kier alpha value is -15.7. The van der Waals surface area contributed by atoms with Crippen molar-refractivity contribution in [2.75, 3.05) is 19.6 Å². The molecule has 6 aliphatic rings. The van der Waals surface area contributed by atoms with Gasteiger partial charge in [0.05, 0.1) is 44.5 Å². The molecule has 1 aromatic heterocycles. The number of anilines is 12. The molecule has 142 heavy (non-hydrogen) atoms. The lowest BCUT2D eigenvalue weighted by Gasteiger charge is -2.48. The fraction of sp³-hybridized carbons (Fsp3) is 0.156. The Labute approximate surface area is 848 Å². The highest BCUT2D eigenvalue weighted by Crippen LogP contribution is 2.66. The lowest BCUT2D eigenvalue weighted by atomic mass is 9.30. The van der Waals surface area contributed by atoms with E-state index in [-0.39, 0.29) is 55.6 Å². The van der Waals surface area contributed by atoms with Gasteiger partial charge in [-0.25, -0.2) is 0 Å². The van der Waals surface area contributed by atoms with Crippen molar-refractivity contribution >= 4 is 136 Å². The van der Waals surface area contributed by atoms with Crippen molar-refractivity contribution in [1.29, 1.82) is 0 Å². The maximum atomic E-state index is 10.5. The number of benzene rings is 19. The molecule has 5 nitrogen and oxygen atoms in total. The molecule has 684 valence electrons. The predicted molar refractivity (Wildman–Crippen MR) is 606 cm³/mol. The summed E-state index contributed by atoms with van der Waals surface area (Å²) in [4.78, 5) is 10.3. The Morgan fingerprint density at radius 1 is 0.225 bits per heavy atom. The quantitative estimate of drug-likeness (QED) is 0.127. The van der Waals surface area contributed by atoms with Gasteiger partial charge in [0, 0.05) is 89.9 Å². The molecule has 0 atom stereocenters. The zero-order valence-electron chi connectivity index (χ0n) is 91.0. The molecule has 26 rings (SSSR count). The van der Waals surface area contributed by atoms with Gasteiger partial charge in [-0.1, -0.05) is 425 Å². The van der Waals surface area contributed by atoms with Crippen molar-refractivity contribution in [2.45, 2.75) is 136 Å². The molecule has 0 radical (unpaired) electrons. The first kappa shape index (κ1) is 78.1. The third-order valence-corrected chi connectivity index (χ3v) is 31.3. The second-order valence-electron chi connectivity index (χ2n) is 44.9. The van der Waals surface area contributed by atoms with E-state index in [2.05, 4.69) is 487 Å². The van der Waals surface area contributed by atoms with Gasteiger partial charge in [-0.2, -0.15) is 0 Å². The van der Waals surface area contributed by atoms with Crippen molar-refractivity contribution in [3.8, 4) is 83.6 Å². The van der Waals surface area contributed by atoms with Crippen LogP contribution in [0.5, 0.6) is 0 Å². The van der Waals surface area contributed by atoms with E-state index in [1.165, 1.54) is 55.6 Å². The molecule has 2 aliphatic carbocycles. The van der Waals surface area contributed by atoms with Gasteiger partial charge >= 0.3 is 0 Å². The van der Waals surface area contributed by atoms with E-state index in [1.54, 1.807) is 4.57 Å². The molecule has 0 N–H and O–H groups in total. The van der Waals surface area contributed by atoms with Gasteiger partial charge in [-0.3, -0.25) is 0 Å². The number of hydrogen-bond donors (Lipinski definition) is 0. The Balaban J connectivity index is 0.880. The van der Waals surface area contributed by atoms with E-state index in [0.29, 0.717) is 5.69 Å². The van der Waals surface area contributed by atoms with Gasteiger partial charge in [-0.05, 0) is 257 Å². The third-order valence-electron chi connectivity index (χ3n) is 31.3. The van der Waals surface area contributed by atoms with Crippen molar-refractivity contribution in [1.82, 2.24) is 4.57 Å². The van der Waals surface area contributed by atoms with Crippen LogP contribution < -0.4 is 52.4 Å². The summed E-state index contributed by atoms with van der Waals surface area (Å²) in [5.41, 5.74) is 41.0. The van der Waals surface area contributed by atoms with E-state index in [0.717, 1.165) is 173 Å². The number of aromatic nitrogens is 1. The summed E-state index contributed by atoms with van der Waals surface area (Å²) in [7, 11) is 0. The predicted octanol–water partition coefficient (Wildman–Crippen LogP) is 32.1. The summed E-state index contributed by atoms with van der Waals surface area (Å²) in [5, 5.41) is -0.0219. The van der Waals surface area contributed by atoms with Crippen molar-refractivity contribution in [3.63, 3.8) is 0 Å². The zero-order valence-corrected chi connectivity index (χ0v) is 83.0. The zero-order chi connectivity index (χ0) is 104. The van der Waals surface area contributed by atoms with Crippen LogP contribution in [-0.2, 0) is 32.5 Å². The number of nitrogens with zero attached hydrogens (tertiary/aromatic N) is 5. The lowest BCUT2D eigenvalue weighted by Crippen LogP contribution is -2.65. The van der Waals surface area contributed by atoms with Gasteiger partial charge in [0.15, 0.2) is 0 Å². The van der Waals surface area contributed by atoms with Crippen molar-refractivity contribution in [3.05, 3.63) is 462 Å². The first-order chi connectivity index (χ1) is 72.0. The van der Waals surface area contributed by atoms with Crippen LogP contribution in [0, 0.1) is 0 Å². The number of fused-ring (bicyclic) bond motifs is 21. The third kappa shape index (κ3) is 13.1. The summed E-state index contributed by atoms with van der Waals surface area (Å²) in [6, 6.07) is 134. The Kier molecular flexibility index (Phi) is 17.4. The average molecular weight is 1840 g/mol. The van der Waals surface area contributed by atoms with E-state index >= 15 is 0 Å². The monoisotopic (exact) mass is 1830 g/mol. The number of rotatable bonds is 10. The van der Waals surface area contributed by atoms with Crippen LogP contribution in [0.3, 0.4) is 0 Å². The molecule has 0 amide bonds. The summed E-state index contributed by atoms with van der Waals surface area (Å²) in [5.74, 6) is 0. The van der Waals surface area contributed by atoms with E-state index in [9.17, 15) is 11.0 Å². The maximum Gasteiger partial charge on any atom is 0.252 e. The lowest BCUT2D eigenvalue weighted by molar-refractivity contribution is 0.568. The summed E-state index contributed by atoms with van der Waals surface area (Å²) in [6.07, 6.45) is 0. The highest BCUT2D eigenvalue weighted by atomic mass is 15.2. The Bertz CT molecular complexity index is 8850. The van der Waals surface area contributed by atoms with E-state index < -0.39 is 60.5 Å². The standard InChI is InChI=1S/C135H113B2N5/c1-130(2,3)89-72-90(131(4,5)6)75-94(74-89)139-117-68-40-36-64-111(117)136-114-82-113-119(83-120(114)142(124-81-96(80-123(139)127(124)136)138-115-66-38-31-55-103(115)104-56-32-39-67-116(104)138)129-106(86-48-24-18-25-49-86)78-93(134(13,14)15)79-107(129)87-50-26-19-27-51-87)140(95-76-91(132(7,8)9)73-92(77-95)133(10,11)12)121-70-88(97-57-42-60-105-102-54-30-35-63-110(102)135(125(97)105)108-61-33-28-52-100(108)101-53-29-34-62-109(101)135)71-122-126(121)137(113)112-65-37-41-69-118(112)141(122)128-98(84-44-20-16-21-45-84)58-43-59-99(128)85-46-22-17-23-47-85/h16-83H,1-15H3/i31D,32D,38D,39D,55D,56D,66D,67D. The average Bonchev–Trinajstić information content (AvgIpc) is 1.39. The molecule has 1 spiro atoms. The van der Waals surface area contributed by atoms with E-state index in [1.807, 2.05) is 0 Å². The molecule has 5 heterocycles. The Morgan fingerprint density at radius 2 is 0.542 bits per heavy atom. The maximum absolute atomic E-state index is 10.5. The highest BCUT2D eigenvalue weighted by molar-refractivity contribution is 7.03. The fourth-order valence-corrected chi connectivity index (χ4v) is 24.5. The summed E-state index contributed by atoms with van der Waals surface area (Å²) in [6.45, 7) is 33.5. The molecular formula is C135H113B2N5. The van der Waals surface area contributed by atoms with Crippen LogP contribution in [0.25, 0.3) is 105 Å².